The second-order valence-corrected chi connectivity index (χ2v) is 7.62. The van der Waals surface area contributed by atoms with Crippen molar-refractivity contribution in [2.75, 3.05) is 20.8 Å². The van der Waals surface area contributed by atoms with Crippen molar-refractivity contribution in [2.24, 2.45) is 0 Å². The van der Waals surface area contributed by atoms with E-state index in [1.165, 1.54) is 0 Å². The van der Waals surface area contributed by atoms with Gasteiger partial charge in [-0.3, -0.25) is 4.79 Å². The number of rotatable bonds is 10. The van der Waals surface area contributed by atoms with E-state index in [1.807, 2.05) is 26.8 Å². The van der Waals surface area contributed by atoms with Gasteiger partial charge < -0.3 is 19.5 Å². The molecule has 0 bridgehead atoms. The number of alkyl carbamates (subject to hydrolysis) is 1. The van der Waals surface area contributed by atoms with Crippen molar-refractivity contribution in [3.8, 4) is 11.5 Å². The first kappa shape index (κ1) is 23.3. The van der Waals surface area contributed by atoms with Gasteiger partial charge in [-0.05, 0) is 81.1 Å². The largest absolute Gasteiger partial charge is 0.497 e. The highest BCUT2D eigenvalue weighted by molar-refractivity contribution is 6.09. The fourth-order valence-electron chi connectivity index (χ4n) is 2.85. The minimum absolute atomic E-state index is 0.0648. The highest BCUT2D eigenvalue weighted by Gasteiger charge is 2.20. The molecular formula is C24H31NO5. The molecule has 162 valence electrons. The van der Waals surface area contributed by atoms with Gasteiger partial charge in [0.15, 0.2) is 5.78 Å². The zero-order chi connectivity index (χ0) is 22.1. The van der Waals surface area contributed by atoms with Gasteiger partial charge in [-0.1, -0.05) is 6.92 Å². The third-order valence-corrected chi connectivity index (χ3v) is 5.01. The molecule has 2 aromatic carbocycles. The molecule has 1 amide bonds. The zero-order valence-corrected chi connectivity index (χ0v) is 18.4. The van der Waals surface area contributed by atoms with E-state index in [1.54, 1.807) is 50.6 Å². The number of carbonyl (C=O) groups is 2. The van der Waals surface area contributed by atoms with Crippen LogP contribution < -0.4 is 14.8 Å². The van der Waals surface area contributed by atoms with E-state index in [-0.39, 0.29) is 5.78 Å². The van der Waals surface area contributed by atoms with Crippen molar-refractivity contribution >= 4 is 11.9 Å². The van der Waals surface area contributed by atoms with E-state index in [2.05, 4.69) is 5.32 Å². The van der Waals surface area contributed by atoms with Gasteiger partial charge in [-0.25, -0.2) is 4.79 Å². The Bertz CT molecular complexity index is 858. The Hall–Kier alpha value is -3.02. The highest BCUT2D eigenvalue weighted by atomic mass is 16.6. The van der Waals surface area contributed by atoms with Crippen LogP contribution in [-0.2, 0) is 11.2 Å². The summed E-state index contributed by atoms with van der Waals surface area (Å²) in [4.78, 5) is 24.7. The Kier molecular flexibility index (Phi) is 8.27. The van der Waals surface area contributed by atoms with Crippen LogP contribution in [0.4, 0.5) is 4.79 Å². The van der Waals surface area contributed by atoms with Gasteiger partial charge in [-0.2, -0.15) is 0 Å². The van der Waals surface area contributed by atoms with Crippen molar-refractivity contribution in [1.82, 2.24) is 5.32 Å². The predicted molar refractivity (Wildman–Crippen MR) is 117 cm³/mol. The van der Waals surface area contributed by atoms with Crippen molar-refractivity contribution in [2.45, 2.75) is 45.6 Å². The lowest BCUT2D eigenvalue weighted by atomic mass is 9.99. The number of carbonyl (C=O) groups excluding carboxylic acids is 2. The Labute approximate surface area is 178 Å². The Balaban J connectivity index is 2.00. The number of hydrogen-bond acceptors (Lipinski definition) is 5. The summed E-state index contributed by atoms with van der Waals surface area (Å²) >= 11 is 0. The molecule has 0 saturated carbocycles. The van der Waals surface area contributed by atoms with Gasteiger partial charge >= 0.3 is 6.09 Å². The molecule has 2 rings (SSSR count). The Morgan fingerprint density at radius 1 is 0.967 bits per heavy atom. The number of ketones is 1. The van der Waals surface area contributed by atoms with E-state index in [0.717, 1.165) is 17.7 Å². The van der Waals surface area contributed by atoms with Crippen molar-refractivity contribution < 1.29 is 23.8 Å². The molecule has 0 unspecified atom stereocenters. The maximum absolute atomic E-state index is 12.8. The Morgan fingerprint density at radius 3 is 2.23 bits per heavy atom. The van der Waals surface area contributed by atoms with Gasteiger partial charge in [0.1, 0.15) is 17.1 Å². The number of methoxy groups -OCH3 is 2. The molecule has 0 aliphatic rings. The number of nitrogens with one attached hydrogen (secondary N) is 1. The van der Waals surface area contributed by atoms with E-state index in [9.17, 15) is 9.59 Å². The summed E-state index contributed by atoms with van der Waals surface area (Å²) in [6.45, 7) is 6.20. The number of benzene rings is 2. The lowest BCUT2D eigenvalue weighted by Gasteiger charge is -2.23. The molecule has 1 N–H and O–H groups in total. The minimum Gasteiger partial charge on any atom is -0.497 e. The van der Waals surface area contributed by atoms with Crippen LogP contribution in [0.5, 0.6) is 11.5 Å². The van der Waals surface area contributed by atoms with Gasteiger partial charge in [0, 0.05) is 17.7 Å². The monoisotopic (exact) mass is 413 g/mol. The second-order valence-electron chi connectivity index (χ2n) is 7.62. The molecule has 0 heterocycles. The lowest BCUT2D eigenvalue weighted by Crippen LogP contribution is -2.34. The molecule has 30 heavy (non-hydrogen) atoms. The standard InChI is InChI=1S/C24H31NO5/c1-6-24(2,3)30-23(27)25-15-7-8-18-16-19(11-14-21(18)29-5)22(26)17-9-12-20(28-4)13-10-17/h9-14,16H,6-8,15H2,1-5H3,(H,25,27). The first-order valence-electron chi connectivity index (χ1n) is 10.1. The molecule has 0 saturated heterocycles. The molecule has 0 atom stereocenters. The number of aryl methyl sites for hydroxylation is 1. The van der Waals surface area contributed by atoms with Crippen LogP contribution in [0.3, 0.4) is 0 Å². The van der Waals surface area contributed by atoms with Crippen LogP contribution in [0.25, 0.3) is 0 Å². The maximum Gasteiger partial charge on any atom is 0.407 e. The van der Waals surface area contributed by atoms with Crippen LogP contribution >= 0.6 is 0 Å². The predicted octanol–water partition coefficient (Wildman–Crippen LogP) is 4.78. The molecular weight excluding hydrogens is 382 g/mol. The molecule has 0 aliphatic carbocycles. The van der Waals surface area contributed by atoms with Crippen molar-refractivity contribution in [3.63, 3.8) is 0 Å². The second kappa shape index (κ2) is 10.7. The summed E-state index contributed by atoms with van der Waals surface area (Å²) in [6, 6.07) is 12.4. The quantitative estimate of drug-likeness (QED) is 0.448. The normalized spacial score (nSPS) is 11.0. The van der Waals surface area contributed by atoms with E-state index < -0.39 is 11.7 Å². The Morgan fingerprint density at radius 2 is 1.63 bits per heavy atom. The summed E-state index contributed by atoms with van der Waals surface area (Å²) in [7, 11) is 3.19. The lowest BCUT2D eigenvalue weighted by molar-refractivity contribution is 0.0363. The van der Waals surface area contributed by atoms with Crippen molar-refractivity contribution in [1.29, 1.82) is 0 Å². The third kappa shape index (κ3) is 6.51. The molecule has 6 heteroatoms. The molecule has 2 aromatic rings. The van der Waals surface area contributed by atoms with Gasteiger partial charge in [0.25, 0.3) is 0 Å². The summed E-state index contributed by atoms with van der Waals surface area (Å²) in [5.74, 6) is 1.36. The summed E-state index contributed by atoms with van der Waals surface area (Å²) in [6.07, 6.45) is 1.67. The topological polar surface area (TPSA) is 73.9 Å². The van der Waals surface area contributed by atoms with Gasteiger partial charge in [0.2, 0.25) is 0 Å². The van der Waals surface area contributed by atoms with Crippen molar-refractivity contribution in [3.05, 3.63) is 59.2 Å². The van der Waals surface area contributed by atoms with Crippen LogP contribution in [0, 0.1) is 0 Å². The van der Waals surface area contributed by atoms with E-state index in [0.29, 0.717) is 36.3 Å². The fourth-order valence-corrected chi connectivity index (χ4v) is 2.85. The van der Waals surface area contributed by atoms with E-state index in [4.69, 9.17) is 14.2 Å². The van der Waals surface area contributed by atoms with Crippen LogP contribution in [0.15, 0.2) is 42.5 Å². The maximum atomic E-state index is 12.8. The average molecular weight is 414 g/mol. The molecule has 6 nitrogen and oxygen atoms in total. The average Bonchev–Trinajstić information content (AvgIpc) is 2.75. The molecule has 0 radical (unpaired) electrons. The fraction of sp³-hybridized carbons (Fsp3) is 0.417. The number of ether oxygens (including phenoxy) is 3. The molecule has 0 spiro atoms. The first-order chi connectivity index (χ1) is 14.3. The molecule has 0 aliphatic heterocycles. The van der Waals surface area contributed by atoms with Gasteiger partial charge in [-0.15, -0.1) is 0 Å². The zero-order valence-electron chi connectivity index (χ0n) is 18.4. The van der Waals surface area contributed by atoms with Gasteiger partial charge in [0.05, 0.1) is 14.2 Å². The van der Waals surface area contributed by atoms with Crippen LogP contribution in [-0.4, -0.2) is 38.2 Å². The summed E-state index contributed by atoms with van der Waals surface area (Å²) in [5.41, 5.74) is 1.62. The van der Waals surface area contributed by atoms with Crippen LogP contribution in [0.2, 0.25) is 0 Å². The highest BCUT2D eigenvalue weighted by Crippen LogP contribution is 2.23. The minimum atomic E-state index is -0.483. The number of amides is 1. The first-order valence-corrected chi connectivity index (χ1v) is 10.1. The number of hydrogen-bond donors (Lipinski definition) is 1. The van der Waals surface area contributed by atoms with E-state index >= 15 is 0 Å². The smallest absolute Gasteiger partial charge is 0.407 e. The summed E-state index contributed by atoms with van der Waals surface area (Å²) in [5, 5.41) is 2.77. The summed E-state index contributed by atoms with van der Waals surface area (Å²) < 4.78 is 15.9. The SMILES string of the molecule is CCC(C)(C)OC(=O)NCCCc1cc(C(=O)c2ccc(OC)cc2)ccc1OC. The third-order valence-electron chi connectivity index (χ3n) is 5.01. The van der Waals surface area contributed by atoms with Crippen LogP contribution in [0.1, 0.15) is 55.1 Å². The molecule has 0 aromatic heterocycles. The molecule has 0 fully saturated rings.